The van der Waals surface area contributed by atoms with Crippen molar-refractivity contribution in [3.8, 4) is 39.6 Å². The fourth-order valence-corrected chi connectivity index (χ4v) is 8.58. The highest BCUT2D eigenvalue weighted by Gasteiger charge is 2.24. The monoisotopic (exact) mass is 706 g/mol. The zero-order valence-electron chi connectivity index (χ0n) is 32.5. The number of fused-ring (bicyclic) bond motifs is 4. The summed E-state index contributed by atoms with van der Waals surface area (Å²) in [6.07, 6.45) is 13.7. The number of aryl methyl sites for hydroxylation is 1. The zero-order valence-corrected chi connectivity index (χ0v) is 32.5. The topological polar surface area (TPSA) is 56.7 Å². The number of hydrogen-bond acceptors (Lipinski definition) is 4. The van der Waals surface area contributed by atoms with E-state index in [4.69, 9.17) is 19.4 Å². The van der Waals surface area contributed by atoms with Gasteiger partial charge in [-0.3, -0.25) is 0 Å². The van der Waals surface area contributed by atoms with Gasteiger partial charge in [-0.25, -0.2) is 15.0 Å². The Morgan fingerprint density at radius 2 is 1.44 bits per heavy atom. The second kappa shape index (κ2) is 13.7. The maximum atomic E-state index is 6.60. The molecule has 0 amide bonds. The molecular formula is C45H39B5N4O. The molecule has 1 atom stereocenters. The molecule has 0 N–H and O–H groups in total. The Bertz CT molecular complexity index is 2910. The third kappa shape index (κ3) is 5.66. The summed E-state index contributed by atoms with van der Waals surface area (Å²) in [4.78, 5) is 15.2. The Balaban J connectivity index is 1.29. The molecule has 3 aromatic heterocycles. The van der Waals surface area contributed by atoms with Crippen LogP contribution in [0.1, 0.15) is 36.3 Å². The van der Waals surface area contributed by atoms with E-state index in [1.165, 1.54) is 54.9 Å². The van der Waals surface area contributed by atoms with Crippen LogP contribution in [0.4, 0.5) is 0 Å². The minimum Gasteiger partial charge on any atom is -0.456 e. The third-order valence-electron chi connectivity index (χ3n) is 11.8. The van der Waals surface area contributed by atoms with Crippen molar-refractivity contribution in [3.63, 3.8) is 0 Å². The molecule has 0 fully saturated rings. The van der Waals surface area contributed by atoms with Gasteiger partial charge in [0.2, 0.25) is 0 Å². The second-order valence-electron chi connectivity index (χ2n) is 14.9. The van der Waals surface area contributed by atoms with Gasteiger partial charge in [-0.05, 0) is 79.4 Å². The predicted molar refractivity (Wildman–Crippen MR) is 246 cm³/mol. The average Bonchev–Trinajstić information content (AvgIpc) is 3.74. The first kappa shape index (κ1) is 34.7. The third-order valence-corrected chi connectivity index (χ3v) is 11.8. The summed E-state index contributed by atoms with van der Waals surface area (Å²) in [5, 5.41) is 3.35. The maximum Gasteiger partial charge on any atom is 0.163 e. The van der Waals surface area contributed by atoms with Gasteiger partial charge >= 0.3 is 0 Å². The number of nitrogens with zero attached hydrogens (tertiary/aromatic N) is 4. The molecule has 260 valence electrons. The van der Waals surface area contributed by atoms with Gasteiger partial charge in [0.05, 0.1) is 16.6 Å². The van der Waals surface area contributed by atoms with E-state index < -0.39 is 0 Å². The number of benzene rings is 5. The molecule has 9 rings (SSSR count). The van der Waals surface area contributed by atoms with Crippen molar-refractivity contribution in [1.29, 1.82) is 0 Å². The molecule has 0 aliphatic heterocycles. The van der Waals surface area contributed by atoms with E-state index in [-0.39, 0.29) is 5.92 Å². The van der Waals surface area contributed by atoms with Gasteiger partial charge in [0.25, 0.3) is 0 Å². The Labute approximate surface area is 326 Å². The lowest BCUT2D eigenvalue weighted by Gasteiger charge is -2.21. The highest BCUT2D eigenvalue weighted by molar-refractivity contribution is 6.68. The quantitative estimate of drug-likeness (QED) is 0.250. The van der Waals surface area contributed by atoms with Crippen LogP contribution in [0.5, 0.6) is 0 Å². The molecule has 0 radical (unpaired) electrons. The lowest BCUT2D eigenvalue weighted by Crippen LogP contribution is -2.55. The lowest BCUT2D eigenvalue weighted by molar-refractivity contribution is 0.669. The Kier molecular flexibility index (Phi) is 8.65. The van der Waals surface area contributed by atoms with E-state index in [1.807, 2.05) is 18.2 Å². The molecule has 55 heavy (non-hydrogen) atoms. The summed E-state index contributed by atoms with van der Waals surface area (Å²) < 4.78 is 9.02. The van der Waals surface area contributed by atoms with Gasteiger partial charge in [-0.15, -0.1) is 16.4 Å². The summed E-state index contributed by atoms with van der Waals surface area (Å²) >= 11 is 0. The lowest BCUT2D eigenvalue weighted by atomic mass is 9.59. The van der Waals surface area contributed by atoms with E-state index in [0.29, 0.717) is 11.6 Å². The van der Waals surface area contributed by atoms with Crippen molar-refractivity contribution >= 4 is 105 Å². The van der Waals surface area contributed by atoms with Gasteiger partial charge in [0.15, 0.2) is 11.6 Å². The van der Waals surface area contributed by atoms with Crippen LogP contribution in [0.15, 0.2) is 120 Å². The van der Waals surface area contributed by atoms with E-state index in [2.05, 4.69) is 161 Å². The Hall–Kier alpha value is -6.01. The van der Waals surface area contributed by atoms with Gasteiger partial charge < -0.3 is 8.98 Å². The largest absolute Gasteiger partial charge is 0.456 e. The van der Waals surface area contributed by atoms with Crippen LogP contribution in [-0.2, 0) is 0 Å². The van der Waals surface area contributed by atoms with Crippen LogP contribution >= 0.6 is 0 Å². The molecule has 5 aromatic carbocycles. The van der Waals surface area contributed by atoms with Crippen molar-refractivity contribution in [2.45, 2.75) is 26.2 Å². The number of furan rings is 1. The summed E-state index contributed by atoms with van der Waals surface area (Å²) in [5.74, 6) is 2.18. The van der Waals surface area contributed by atoms with E-state index in [1.54, 1.807) is 0 Å². The minimum atomic E-state index is 0.0832. The molecule has 0 spiro atoms. The standard InChI is InChI=1S/C45H39B5N4O/c1-3-12-30-24(2)35-28(37-38(46)40(48)42(50)41(49)39(37)47)17-10-18-31(35)54(30)32-19-11-20-34-36(32)29-23-27(21-22-33(29)55-34)45-52-43(25-13-6-4-7-14-25)51-44(53-45)26-15-8-5-9-16-26/h3-15,17-23,26H,16,46-50H2,1-2H3/b12-3-. The fraction of sp³-hybridized carbons (Fsp3) is 0.0889. The Morgan fingerprint density at radius 1 is 0.709 bits per heavy atom. The van der Waals surface area contributed by atoms with E-state index in [9.17, 15) is 0 Å². The van der Waals surface area contributed by atoms with Gasteiger partial charge in [-0.1, -0.05) is 89.8 Å². The van der Waals surface area contributed by atoms with Crippen molar-refractivity contribution in [1.82, 2.24) is 19.5 Å². The highest BCUT2D eigenvalue weighted by atomic mass is 16.3. The van der Waals surface area contributed by atoms with Crippen molar-refractivity contribution in [3.05, 3.63) is 132 Å². The van der Waals surface area contributed by atoms with Crippen molar-refractivity contribution < 1.29 is 4.42 Å². The molecule has 10 heteroatoms. The summed E-state index contributed by atoms with van der Waals surface area (Å²) in [6, 6.07) is 29.6. The number of aromatic nitrogens is 4. The molecule has 8 aromatic rings. The van der Waals surface area contributed by atoms with Crippen LogP contribution in [0.2, 0.25) is 0 Å². The van der Waals surface area contributed by atoms with Crippen LogP contribution in [0.3, 0.4) is 0 Å². The molecule has 1 aliphatic rings. The maximum absolute atomic E-state index is 6.60. The zero-order chi connectivity index (χ0) is 38.0. The summed E-state index contributed by atoms with van der Waals surface area (Å²) in [5.41, 5.74) is 17.6. The molecule has 1 unspecified atom stereocenters. The van der Waals surface area contributed by atoms with E-state index in [0.717, 1.165) is 56.7 Å². The normalized spacial score (nSPS) is 14.3. The van der Waals surface area contributed by atoms with Crippen molar-refractivity contribution in [2.24, 2.45) is 0 Å². The summed E-state index contributed by atoms with van der Waals surface area (Å²) in [6.45, 7) is 4.36. The number of rotatable bonds is 6. The van der Waals surface area contributed by atoms with E-state index >= 15 is 0 Å². The molecule has 0 saturated heterocycles. The number of allylic oxidation sites excluding steroid dienone is 5. The van der Waals surface area contributed by atoms with Crippen LogP contribution in [-0.4, -0.2) is 58.8 Å². The smallest absolute Gasteiger partial charge is 0.163 e. The first-order valence-corrected chi connectivity index (χ1v) is 19.2. The van der Waals surface area contributed by atoms with Crippen LogP contribution in [0.25, 0.3) is 78.5 Å². The van der Waals surface area contributed by atoms with Crippen molar-refractivity contribution in [2.75, 3.05) is 0 Å². The van der Waals surface area contributed by atoms with Gasteiger partial charge in [-0.2, -0.15) is 0 Å². The molecule has 0 saturated carbocycles. The predicted octanol–water partition coefficient (Wildman–Crippen LogP) is 2.95. The molecule has 1 aliphatic carbocycles. The summed E-state index contributed by atoms with van der Waals surface area (Å²) in [7, 11) is 11.3. The number of hydrogen-bond donors (Lipinski definition) is 0. The van der Waals surface area contributed by atoms with Crippen LogP contribution in [0, 0.1) is 6.92 Å². The van der Waals surface area contributed by atoms with Gasteiger partial charge in [0.1, 0.15) is 56.2 Å². The first-order valence-electron chi connectivity index (χ1n) is 19.2. The molecular weight excluding hydrogens is 667 g/mol. The fourth-order valence-electron chi connectivity index (χ4n) is 8.58. The molecule has 0 bridgehead atoms. The SMILES string of the molecule is Bc1c(B)c(B)c(-c2cccc3c2c(C)c(/C=C\C)n3-c2cccc3oc4ccc(-c5nc(-c6ccccc6)nc(C6C=CC=CC6)n5)cc4c23)c(B)c1B. The Morgan fingerprint density at radius 3 is 2.16 bits per heavy atom. The minimum absolute atomic E-state index is 0.0832. The average molecular weight is 706 g/mol. The highest BCUT2D eigenvalue weighted by Crippen LogP contribution is 2.41. The molecule has 5 nitrogen and oxygen atoms in total. The van der Waals surface area contributed by atoms with Crippen LogP contribution < -0.4 is 27.3 Å². The first-order chi connectivity index (χ1) is 26.7. The molecule has 3 heterocycles. The second-order valence-corrected chi connectivity index (χ2v) is 14.9. The van der Waals surface area contributed by atoms with Gasteiger partial charge in [0, 0.05) is 33.5 Å².